The molecule has 1 heterocycles. The van der Waals surface area contributed by atoms with Crippen molar-refractivity contribution in [2.24, 2.45) is 5.92 Å². The minimum atomic E-state index is -0.437. The van der Waals surface area contributed by atoms with Crippen molar-refractivity contribution in [3.8, 4) is 6.07 Å². The van der Waals surface area contributed by atoms with Gasteiger partial charge in [-0.25, -0.2) is 0 Å². The predicted molar refractivity (Wildman–Crippen MR) is 83.9 cm³/mol. The molecule has 1 aliphatic rings. The van der Waals surface area contributed by atoms with Crippen LogP contribution in [-0.2, 0) is 16.1 Å². The van der Waals surface area contributed by atoms with Crippen molar-refractivity contribution >= 4 is 5.91 Å². The van der Waals surface area contributed by atoms with Gasteiger partial charge in [0.25, 0.3) is 5.91 Å². The molecule has 0 bridgehead atoms. The molecular formula is C17H23N3O2. The monoisotopic (exact) mass is 301 g/mol. The zero-order chi connectivity index (χ0) is 15.9. The lowest BCUT2D eigenvalue weighted by atomic mass is 10.1. The summed E-state index contributed by atoms with van der Waals surface area (Å²) in [7, 11) is 1.73. The van der Waals surface area contributed by atoms with Gasteiger partial charge in [0.05, 0.1) is 18.6 Å². The van der Waals surface area contributed by atoms with Gasteiger partial charge in [-0.15, -0.1) is 0 Å². The number of hydrogen-bond acceptors (Lipinski definition) is 4. The van der Waals surface area contributed by atoms with Crippen molar-refractivity contribution in [2.45, 2.75) is 19.6 Å². The molecule has 1 aromatic carbocycles. The highest BCUT2D eigenvalue weighted by Gasteiger charge is 2.29. The standard InChI is InChI=1S/C17H23N3O2/c1-14(10-18)11-19(2)17(21)16-13-20(8-9-22-16)12-15-6-4-3-5-7-15/h3-7,14,16H,8-9,11-13H2,1-2H3. The summed E-state index contributed by atoms with van der Waals surface area (Å²) in [6.07, 6.45) is -0.437. The predicted octanol–water partition coefficient (Wildman–Crippen LogP) is 1.51. The largest absolute Gasteiger partial charge is 0.366 e. The number of nitrogens with zero attached hydrogens (tertiary/aromatic N) is 3. The molecule has 5 heteroatoms. The zero-order valence-electron chi connectivity index (χ0n) is 13.2. The van der Waals surface area contributed by atoms with Crippen LogP contribution in [0.25, 0.3) is 0 Å². The van der Waals surface area contributed by atoms with Gasteiger partial charge in [0.15, 0.2) is 0 Å². The van der Waals surface area contributed by atoms with Gasteiger partial charge in [-0.2, -0.15) is 5.26 Å². The van der Waals surface area contributed by atoms with E-state index in [0.29, 0.717) is 19.7 Å². The average molecular weight is 301 g/mol. The molecule has 0 aromatic heterocycles. The fourth-order valence-corrected chi connectivity index (χ4v) is 2.62. The highest BCUT2D eigenvalue weighted by molar-refractivity contribution is 5.81. The average Bonchev–Trinajstić information content (AvgIpc) is 2.55. The molecule has 22 heavy (non-hydrogen) atoms. The van der Waals surface area contributed by atoms with E-state index in [1.165, 1.54) is 5.56 Å². The maximum Gasteiger partial charge on any atom is 0.252 e. The Labute approximate surface area is 132 Å². The van der Waals surface area contributed by atoms with Crippen LogP contribution in [0.2, 0.25) is 0 Å². The van der Waals surface area contributed by atoms with E-state index in [4.69, 9.17) is 10.00 Å². The van der Waals surface area contributed by atoms with Crippen LogP contribution in [0.5, 0.6) is 0 Å². The fourth-order valence-electron chi connectivity index (χ4n) is 2.62. The number of morpholine rings is 1. The van der Waals surface area contributed by atoms with Gasteiger partial charge in [-0.1, -0.05) is 30.3 Å². The van der Waals surface area contributed by atoms with Gasteiger partial charge in [0.2, 0.25) is 0 Å². The van der Waals surface area contributed by atoms with Crippen molar-refractivity contribution in [1.82, 2.24) is 9.80 Å². The first-order valence-corrected chi connectivity index (χ1v) is 7.62. The van der Waals surface area contributed by atoms with E-state index in [9.17, 15) is 4.79 Å². The summed E-state index contributed by atoms with van der Waals surface area (Å²) >= 11 is 0. The van der Waals surface area contributed by atoms with Crippen molar-refractivity contribution in [3.05, 3.63) is 35.9 Å². The summed E-state index contributed by atoms with van der Waals surface area (Å²) < 4.78 is 5.63. The number of nitriles is 1. The van der Waals surface area contributed by atoms with E-state index >= 15 is 0 Å². The summed E-state index contributed by atoms with van der Waals surface area (Å²) in [6.45, 7) is 5.06. The first kappa shape index (κ1) is 16.5. The molecule has 1 aromatic rings. The third-order valence-corrected chi connectivity index (χ3v) is 3.82. The molecule has 2 unspecified atom stereocenters. The van der Waals surface area contributed by atoms with E-state index in [1.807, 2.05) is 25.1 Å². The van der Waals surface area contributed by atoms with Gasteiger partial charge in [0.1, 0.15) is 6.10 Å². The normalized spacial score (nSPS) is 20.1. The lowest BCUT2D eigenvalue weighted by molar-refractivity contribution is -0.148. The topological polar surface area (TPSA) is 56.6 Å². The fraction of sp³-hybridized carbons (Fsp3) is 0.529. The van der Waals surface area contributed by atoms with Gasteiger partial charge in [0, 0.05) is 33.2 Å². The Bertz CT molecular complexity index is 526. The Morgan fingerprint density at radius 2 is 2.23 bits per heavy atom. The van der Waals surface area contributed by atoms with E-state index in [0.717, 1.165) is 13.1 Å². The number of carbonyl (C=O) groups excluding carboxylic acids is 1. The first-order chi connectivity index (χ1) is 10.6. The molecule has 0 aliphatic carbocycles. The molecule has 1 saturated heterocycles. The highest BCUT2D eigenvalue weighted by atomic mass is 16.5. The van der Waals surface area contributed by atoms with Crippen LogP contribution in [0.1, 0.15) is 12.5 Å². The molecule has 2 rings (SSSR count). The molecule has 1 aliphatic heterocycles. The summed E-state index contributed by atoms with van der Waals surface area (Å²) in [5.41, 5.74) is 1.24. The molecule has 1 fully saturated rings. The van der Waals surface area contributed by atoms with Crippen molar-refractivity contribution in [1.29, 1.82) is 5.26 Å². The van der Waals surface area contributed by atoms with E-state index < -0.39 is 6.10 Å². The van der Waals surface area contributed by atoms with Crippen molar-refractivity contribution < 1.29 is 9.53 Å². The van der Waals surface area contributed by atoms with Crippen LogP contribution in [0, 0.1) is 17.2 Å². The molecule has 118 valence electrons. The molecular weight excluding hydrogens is 278 g/mol. The number of rotatable bonds is 5. The second kappa shape index (κ2) is 7.92. The molecule has 5 nitrogen and oxygen atoms in total. The molecule has 2 atom stereocenters. The van der Waals surface area contributed by atoms with Crippen LogP contribution >= 0.6 is 0 Å². The molecule has 1 amide bonds. The highest BCUT2D eigenvalue weighted by Crippen LogP contribution is 2.12. The quantitative estimate of drug-likeness (QED) is 0.827. The van der Waals surface area contributed by atoms with E-state index in [2.05, 4.69) is 23.1 Å². The SMILES string of the molecule is CC(C#N)CN(C)C(=O)C1CN(Cc2ccccc2)CCO1. The van der Waals surface area contributed by atoms with Gasteiger partial charge >= 0.3 is 0 Å². The Morgan fingerprint density at radius 1 is 1.50 bits per heavy atom. The summed E-state index contributed by atoms with van der Waals surface area (Å²) in [4.78, 5) is 16.3. The van der Waals surface area contributed by atoms with Crippen molar-refractivity contribution in [2.75, 3.05) is 33.3 Å². The van der Waals surface area contributed by atoms with Crippen LogP contribution in [0.3, 0.4) is 0 Å². The minimum absolute atomic E-state index is 0.0418. The Morgan fingerprint density at radius 3 is 2.91 bits per heavy atom. The third-order valence-electron chi connectivity index (χ3n) is 3.82. The summed E-state index contributed by atoms with van der Waals surface area (Å²) in [5.74, 6) is -0.210. The smallest absolute Gasteiger partial charge is 0.252 e. The number of likely N-dealkylation sites (N-methyl/N-ethyl adjacent to an activating group) is 1. The van der Waals surface area contributed by atoms with Gasteiger partial charge in [-0.05, 0) is 12.5 Å². The molecule has 0 saturated carbocycles. The Hall–Kier alpha value is -1.90. The zero-order valence-corrected chi connectivity index (χ0v) is 13.2. The number of benzene rings is 1. The molecule has 0 N–H and O–H groups in total. The van der Waals surface area contributed by atoms with Crippen LogP contribution in [0.15, 0.2) is 30.3 Å². The Balaban J connectivity index is 1.90. The maximum absolute atomic E-state index is 12.4. The molecule has 0 radical (unpaired) electrons. The van der Waals surface area contributed by atoms with Crippen LogP contribution < -0.4 is 0 Å². The third kappa shape index (κ3) is 4.55. The van der Waals surface area contributed by atoms with Gasteiger partial charge in [-0.3, -0.25) is 9.69 Å². The number of carbonyl (C=O) groups is 1. The Kier molecular flexibility index (Phi) is 5.93. The second-order valence-corrected chi connectivity index (χ2v) is 5.83. The number of hydrogen-bond donors (Lipinski definition) is 0. The van der Waals surface area contributed by atoms with E-state index in [1.54, 1.807) is 11.9 Å². The van der Waals surface area contributed by atoms with Gasteiger partial charge < -0.3 is 9.64 Å². The summed E-state index contributed by atoms with van der Waals surface area (Å²) in [5, 5.41) is 8.85. The van der Waals surface area contributed by atoms with Crippen molar-refractivity contribution in [3.63, 3.8) is 0 Å². The van der Waals surface area contributed by atoms with E-state index in [-0.39, 0.29) is 11.8 Å². The lowest BCUT2D eigenvalue weighted by Crippen LogP contribution is -2.50. The minimum Gasteiger partial charge on any atom is -0.366 e. The maximum atomic E-state index is 12.4. The number of ether oxygens (including phenoxy) is 1. The first-order valence-electron chi connectivity index (χ1n) is 7.62. The number of amides is 1. The second-order valence-electron chi connectivity index (χ2n) is 5.83. The lowest BCUT2D eigenvalue weighted by Gasteiger charge is -2.34. The van der Waals surface area contributed by atoms with Crippen LogP contribution in [0.4, 0.5) is 0 Å². The molecule has 0 spiro atoms. The summed E-state index contributed by atoms with van der Waals surface area (Å²) in [6, 6.07) is 12.4. The van der Waals surface area contributed by atoms with Crippen LogP contribution in [-0.4, -0.2) is 55.1 Å².